The van der Waals surface area contributed by atoms with E-state index in [0.29, 0.717) is 29.9 Å². The van der Waals surface area contributed by atoms with E-state index >= 15 is 0 Å². The van der Waals surface area contributed by atoms with Crippen LogP contribution in [0.15, 0.2) is 41.3 Å². The molecule has 1 aliphatic rings. The molecule has 3 aromatic rings. The van der Waals surface area contributed by atoms with Gasteiger partial charge in [0, 0.05) is 18.3 Å². The average Bonchev–Trinajstić information content (AvgIpc) is 3.49. The van der Waals surface area contributed by atoms with Crippen molar-refractivity contribution in [2.24, 2.45) is 11.7 Å². The number of hydrogen-bond donors (Lipinski definition) is 2. The maximum Gasteiger partial charge on any atom is 0.264 e. The second-order valence-corrected chi connectivity index (χ2v) is 7.25. The minimum atomic E-state index is -0.863. The minimum Gasteiger partial charge on any atom is -0.392 e. The fourth-order valence-electron chi connectivity index (χ4n) is 3.51. The van der Waals surface area contributed by atoms with E-state index < -0.39 is 18.1 Å². The Morgan fingerprint density at radius 1 is 1.25 bits per heavy atom. The number of aliphatic hydroxyl groups excluding tert-OH is 1. The predicted molar refractivity (Wildman–Crippen MR) is 102 cm³/mol. The molecule has 1 saturated carbocycles. The van der Waals surface area contributed by atoms with Crippen molar-refractivity contribution in [3.8, 4) is 0 Å². The molecule has 2 heterocycles. The first kappa shape index (κ1) is 18.3. The van der Waals surface area contributed by atoms with Crippen molar-refractivity contribution < 1.29 is 14.3 Å². The summed E-state index contributed by atoms with van der Waals surface area (Å²) in [6, 6.07) is 8.05. The van der Waals surface area contributed by atoms with Gasteiger partial charge in [0.2, 0.25) is 0 Å². The number of nitrogens with two attached hydrogens (primary N) is 1. The van der Waals surface area contributed by atoms with Gasteiger partial charge in [-0.3, -0.25) is 14.6 Å². The Balaban J connectivity index is 1.88. The highest BCUT2D eigenvalue weighted by molar-refractivity contribution is 5.98. The first-order chi connectivity index (χ1) is 13.5. The maximum atomic E-state index is 13.1. The molecule has 0 spiro atoms. The smallest absolute Gasteiger partial charge is 0.264 e. The maximum absolute atomic E-state index is 13.1. The SMILES string of the molecule is NC(=O)c1c(CO)c2ncc(Cc3ccc(F)cc3)cc2n(CC2CC2)c1=O. The third-order valence-corrected chi connectivity index (χ3v) is 5.13. The van der Waals surface area contributed by atoms with E-state index in [1.165, 1.54) is 12.1 Å². The third-order valence-electron chi connectivity index (χ3n) is 5.13. The van der Waals surface area contributed by atoms with Crippen LogP contribution < -0.4 is 11.3 Å². The van der Waals surface area contributed by atoms with Crippen molar-refractivity contribution in [1.29, 1.82) is 0 Å². The average molecular weight is 381 g/mol. The quantitative estimate of drug-likeness (QED) is 0.683. The largest absolute Gasteiger partial charge is 0.392 e. The van der Waals surface area contributed by atoms with E-state index in [9.17, 15) is 19.1 Å². The highest BCUT2D eigenvalue weighted by atomic mass is 19.1. The summed E-state index contributed by atoms with van der Waals surface area (Å²) < 4.78 is 14.7. The number of amides is 1. The first-order valence-corrected chi connectivity index (χ1v) is 9.17. The molecule has 1 aliphatic carbocycles. The number of pyridine rings is 2. The number of hydrogen-bond acceptors (Lipinski definition) is 4. The molecule has 0 bridgehead atoms. The van der Waals surface area contributed by atoms with Crippen molar-refractivity contribution in [3.63, 3.8) is 0 Å². The van der Waals surface area contributed by atoms with Crippen molar-refractivity contribution >= 4 is 16.9 Å². The highest BCUT2D eigenvalue weighted by Gasteiger charge is 2.27. The molecule has 3 N–H and O–H groups in total. The number of aliphatic hydroxyl groups is 1. The number of benzene rings is 1. The summed E-state index contributed by atoms with van der Waals surface area (Å²) >= 11 is 0. The molecule has 1 amide bonds. The Labute approximate surface area is 160 Å². The molecule has 0 unspecified atom stereocenters. The zero-order valence-electron chi connectivity index (χ0n) is 15.2. The van der Waals surface area contributed by atoms with Crippen molar-refractivity contribution in [2.45, 2.75) is 32.4 Å². The van der Waals surface area contributed by atoms with Crippen molar-refractivity contribution in [2.75, 3.05) is 0 Å². The van der Waals surface area contributed by atoms with E-state index in [2.05, 4.69) is 4.98 Å². The Morgan fingerprint density at radius 3 is 2.57 bits per heavy atom. The Morgan fingerprint density at radius 2 is 1.96 bits per heavy atom. The Kier molecular flexibility index (Phi) is 4.68. The van der Waals surface area contributed by atoms with Gasteiger partial charge in [0.15, 0.2) is 0 Å². The lowest BCUT2D eigenvalue weighted by Crippen LogP contribution is -2.32. The van der Waals surface area contributed by atoms with Crippen LogP contribution in [0, 0.1) is 11.7 Å². The molecule has 144 valence electrons. The van der Waals surface area contributed by atoms with Gasteiger partial charge in [0.05, 0.1) is 17.6 Å². The normalized spacial score (nSPS) is 13.8. The topological polar surface area (TPSA) is 98.2 Å². The van der Waals surface area contributed by atoms with Crippen molar-refractivity contribution in [3.05, 3.63) is 75.0 Å². The summed E-state index contributed by atoms with van der Waals surface area (Å²) in [5, 5.41) is 9.77. The Bertz CT molecular complexity index is 1120. The third kappa shape index (κ3) is 3.41. The summed E-state index contributed by atoms with van der Waals surface area (Å²) in [5.41, 5.74) is 7.63. The summed E-state index contributed by atoms with van der Waals surface area (Å²) in [5.74, 6) is -0.773. The number of halogens is 1. The molecule has 0 saturated heterocycles. The predicted octanol–water partition coefficient (Wildman–Crippen LogP) is 2.13. The van der Waals surface area contributed by atoms with E-state index in [-0.39, 0.29) is 16.9 Å². The lowest BCUT2D eigenvalue weighted by molar-refractivity contribution is 0.0995. The van der Waals surface area contributed by atoms with Gasteiger partial charge < -0.3 is 15.4 Å². The molecular weight excluding hydrogens is 361 g/mol. The summed E-state index contributed by atoms with van der Waals surface area (Å²) in [4.78, 5) is 29.3. The number of carbonyl (C=O) groups is 1. The van der Waals surface area contributed by atoms with Crippen LogP contribution in [0.3, 0.4) is 0 Å². The van der Waals surface area contributed by atoms with Crippen LogP contribution in [0.2, 0.25) is 0 Å². The summed E-state index contributed by atoms with van der Waals surface area (Å²) in [6.07, 6.45) is 4.23. The minimum absolute atomic E-state index is 0.160. The molecule has 1 aromatic carbocycles. The van der Waals surface area contributed by atoms with E-state index in [4.69, 9.17) is 5.73 Å². The molecule has 0 aliphatic heterocycles. The summed E-state index contributed by atoms with van der Waals surface area (Å²) in [7, 11) is 0. The van der Waals surface area contributed by atoms with Crippen LogP contribution in [0.1, 0.15) is 39.9 Å². The highest BCUT2D eigenvalue weighted by Crippen LogP contribution is 2.32. The zero-order valence-corrected chi connectivity index (χ0v) is 15.2. The van der Waals surface area contributed by atoms with Gasteiger partial charge in [-0.25, -0.2) is 4.39 Å². The number of aromatic nitrogens is 2. The Hall–Kier alpha value is -3.06. The van der Waals surface area contributed by atoms with E-state index in [0.717, 1.165) is 24.0 Å². The lowest BCUT2D eigenvalue weighted by atomic mass is 10.0. The van der Waals surface area contributed by atoms with Gasteiger partial charge in [0.25, 0.3) is 11.5 Å². The molecule has 7 heteroatoms. The van der Waals surface area contributed by atoms with Crippen LogP contribution >= 0.6 is 0 Å². The van der Waals surface area contributed by atoms with Crippen LogP contribution in [-0.2, 0) is 19.6 Å². The molecule has 2 aromatic heterocycles. The standard InChI is InChI=1S/C21H20FN3O3/c22-15-5-3-12(4-6-15)7-14-8-17-19(24-9-14)16(11-26)18(20(23)27)21(28)25(17)10-13-1-2-13/h3-6,8-9,13,26H,1-2,7,10-11H2,(H2,23,27). The van der Waals surface area contributed by atoms with Crippen LogP contribution in [0.25, 0.3) is 11.0 Å². The monoisotopic (exact) mass is 381 g/mol. The number of fused-ring (bicyclic) bond motifs is 1. The second-order valence-electron chi connectivity index (χ2n) is 7.25. The summed E-state index contributed by atoms with van der Waals surface area (Å²) in [6.45, 7) is -0.0123. The molecule has 1 fully saturated rings. The van der Waals surface area contributed by atoms with E-state index in [1.54, 1.807) is 22.9 Å². The molecule has 4 rings (SSSR count). The first-order valence-electron chi connectivity index (χ1n) is 9.17. The van der Waals surface area contributed by atoms with Gasteiger partial charge in [-0.1, -0.05) is 12.1 Å². The molecule has 28 heavy (non-hydrogen) atoms. The van der Waals surface area contributed by atoms with Gasteiger partial charge in [-0.2, -0.15) is 0 Å². The number of carbonyl (C=O) groups excluding carboxylic acids is 1. The van der Waals surface area contributed by atoms with Gasteiger partial charge in [-0.15, -0.1) is 0 Å². The molecule has 0 radical (unpaired) electrons. The second kappa shape index (κ2) is 7.16. The molecule has 0 atom stereocenters. The fourth-order valence-corrected chi connectivity index (χ4v) is 3.51. The zero-order chi connectivity index (χ0) is 19.8. The number of nitrogens with zero attached hydrogens (tertiary/aromatic N) is 2. The fraction of sp³-hybridized carbons (Fsp3) is 0.286. The molecule has 6 nitrogen and oxygen atoms in total. The van der Waals surface area contributed by atoms with Gasteiger partial charge in [-0.05, 0) is 54.5 Å². The van der Waals surface area contributed by atoms with Crippen LogP contribution in [0.5, 0.6) is 0 Å². The van der Waals surface area contributed by atoms with Gasteiger partial charge >= 0.3 is 0 Å². The van der Waals surface area contributed by atoms with Crippen LogP contribution in [-0.4, -0.2) is 20.6 Å². The van der Waals surface area contributed by atoms with Gasteiger partial charge in [0.1, 0.15) is 11.4 Å². The van der Waals surface area contributed by atoms with Crippen molar-refractivity contribution in [1.82, 2.24) is 9.55 Å². The number of rotatable bonds is 6. The number of primary amides is 1. The lowest BCUT2D eigenvalue weighted by Gasteiger charge is -2.16. The van der Waals surface area contributed by atoms with Crippen LogP contribution in [0.4, 0.5) is 4.39 Å². The molecular formula is C21H20FN3O3. The van der Waals surface area contributed by atoms with E-state index in [1.807, 2.05) is 6.07 Å².